The summed E-state index contributed by atoms with van der Waals surface area (Å²) in [5.74, 6) is 1.46. The fourth-order valence-electron chi connectivity index (χ4n) is 1.77. The Kier molecular flexibility index (Phi) is 4.90. The van der Waals surface area contributed by atoms with Gasteiger partial charge in [-0.2, -0.15) is 4.98 Å². The summed E-state index contributed by atoms with van der Waals surface area (Å²) in [6.07, 6.45) is 0. The molecule has 5 nitrogen and oxygen atoms in total. The fourth-order valence-corrected chi connectivity index (χ4v) is 1.77. The summed E-state index contributed by atoms with van der Waals surface area (Å²) in [5.41, 5.74) is 1.92. The first kappa shape index (κ1) is 14.3. The van der Waals surface area contributed by atoms with Gasteiger partial charge in [-0.05, 0) is 33.2 Å². The summed E-state index contributed by atoms with van der Waals surface area (Å²) < 4.78 is 0. The molecule has 0 radical (unpaired) electrons. The van der Waals surface area contributed by atoms with Crippen LogP contribution in [0.4, 0.5) is 17.5 Å². The van der Waals surface area contributed by atoms with E-state index in [2.05, 4.69) is 39.6 Å². The molecule has 0 unspecified atom stereocenters. The average molecular weight is 271 g/mol. The molecule has 0 spiro atoms. The zero-order valence-corrected chi connectivity index (χ0v) is 12.2. The lowest BCUT2D eigenvalue weighted by Gasteiger charge is -2.12. The zero-order valence-electron chi connectivity index (χ0n) is 12.2. The van der Waals surface area contributed by atoms with E-state index in [9.17, 15) is 0 Å². The lowest BCUT2D eigenvalue weighted by molar-refractivity contribution is 0.425. The van der Waals surface area contributed by atoms with Crippen molar-refractivity contribution in [2.45, 2.75) is 6.92 Å². The molecule has 0 aliphatic rings. The second-order valence-corrected chi connectivity index (χ2v) is 4.94. The standard InChI is InChI=1S/C15H21N5/c1-12-11-14(16-9-10-20(2)3)19-15(17-12)18-13-7-5-4-6-8-13/h4-8,11H,9-10H2,1-3H3,(H2,16,17,18,19). The predicted octanol–water partition coefficient (Wildman–Crippen LogP) is 2.50. The maximum atomic E-state index is 4.47. The van der Waals surface area contributed by atoms with Crippen LogP contribution in [-0.4, -0.2) is 42.1 Å². The molecule has 1 heterocycles. The van der Waals surface area contributed by atoms with E-state index in [0.717, 1.165) is 30.3 Å². The molecular formula is C15H21N5. The number of anilines is 3. The molecule has 106 valence electrons. The maximum Gasteiger partial charge on any atom is 0.229 e. The highest BCUT2D eigenvalue weighted by Gasteiger charge is 2.02. The van der Waals surface area contributed by atoms with E-state index in [1.165, 1.54) is 0 Å². The van der Waals surface area contributed by atoms with Crippen LogP contribution < -0.4 is 10.6 Å². The van der Waals surface area contributed by atoms with E-state index in [-0.39, 0.29) is 0 Å². The van der Waals surface area contributed by atoms with Gasteiger partial charge in [0, 0.05) is 30.5 Å². The van der Waals surface area contributed by atoms with Crippen LogP contribution in [0.3, 0.4) is 0 Å². The molecule has 20 heavy (non-hydrogen) atoms. The molecule has 2 aromatic rings. The van der Waals surface area contributed by atoms with E-state index < -0.39 is 0 Å². The topological polar surface area (TPSA) is 53.1 Å². The van der Waals surface area contributed by atoms with Crippen molar-refractivity contribution in [3.8, 4) is 0 Å². The van der Waals surface area contributed by atoms with E-state index >= 15 is 0 Å². The van der Waals surface area contributed by atoms with Crippen molar-refractivity contribution >= 4 is 17.5 Å². The van der Waals surface area contributed by atoms with E-state index in [4.69, 9.17) is 0 Å². The molecule has 0 amide bonds. The van der Waals surface area contributed by atoms with Crippen molar-refractivity contribution in [1.29, 1.82) is 0 Å². The normalized spacial score (nSPS) is 10.6. The van der Waals surface area contributed by atoms with E-state index in [1.54, 1.807) is 0 Å². The summed E-state index contributed by atoms with van der Waals surface area (Å²) in [4.78, 5) is 11.0. The quantitative estimate of drug-likeness (QED) is 0.845. The van der Waals surface area contributed by atoms with Crippen LogP contribution in [-0.2, 0) is 0 Å². The Morgan fingerprint density at radius 3 is 2.55 bits per heavy atom. The van der Waals surface area contributed by atoms with Gasteiger partial charge >= 0.3 is 0 Å². The van der Waals surface area contributed by atoms with Crippen molar-refractivity contribution < 1.29 is 0 Å². The van der Waals surface area contributed by atoms with Gasteiger partial charge in [0.1, 0.15) is 5.82 Å². The minimum atomic E-state index is 0.614. The van der Waals surface area contributed by atoms with Crippen LogP contribution in [0, 0.1) is 6.92 Å². The molecule has 1 aromatic carbocycles. The first-order valence-corrected chi connectivity index (χ1v) is 6.70. The molecule has 0 aliphatic heterocycles. The summed E-state index contributed by atoms with van der Waals surface area (Å²) >= 11 is 0. The molecule has 0 saturated carbocycles. The van der Waals surface area contributed by atoms with Gasteiger partial charge in [-0.25, -0.2) is 4.98 Å². The van der Waals surface area contributed by atoms with Crippen molar-refractivity contribution in [3.63, 3.8) is 0 Å². The van der Waals surface area contributed by atoms with Crippen molar-refractivity contribution in [3.05, 3.63) is 42.1 Å². The first-order chi connectivity index (χ1) is 9.63. The van der Waals surface area contributed by atoms with Gasteiger partial charge < -0.3 is 15.5 Å². The number of rotatable bonds is 6. The minimum absolute atomic E-state index is 0.614. The average Bonchev–Trinajstić information content (AvgIpc) is 2.38. The van der Waals surface area contributed by atoms with Gasteiger partial charge in [-0.1, -0.05) is 18.2 Å². The van der Waals surface area contributed by atoms with Gasteiger partial charge in [-0.3, -0.25) is 0 Å². The molecule has 5 heteroatoms. The number of likely N-dealkylation sites (N-methyl/N-ethyl adjacent to an activating group) is 1. The van der Waals surface area contributed by atoms with Gasteiger partial charge in [0.2, 0.25) is 5.95 Å². The van der Waals surface area contributed by atoms with Crippen LogP contribution in [0.1, 0.15) is 5.69 Å². The molecule has 0 atom stereocenters. The highest BCUT2D eigenvalue weighted by molar-refractivity contribution is 5.54. The van der Waals surface area contributed by atoms with Crippen LogP contribution in [0.25, 0.3) is 0 Å². The van der Waals surface area contributed by atoms with E-state index in [0.29, 0.717) is 5.95 Å². The van der Waals surface area contributed by atoms with Gasteiger partial charge in [0.05, 0.1) is 0 Å². The number of benzene rings is 1. The summed E-state index contributed by atoms with van der Waals surface area (Å²) in [5, 5.41) is 6.52. The van der Waals surface area contributed by atoms with Crippen molar-refractivity contribution in [2.24, 2.45) is 0 Å². The molecule has 2 N–H and O–H groups in total. The zero-order chi connectivity index (χ0) is 14.4. The molecular weight excluding hydrogens is 250 g/mol. The molecule has 0 bridgehead atoms. The highest BCUT2D eigenvalue weighted by Crippen LogP contribution is 2.15. The number of hydrogen-bond donors (Lipinski definition) is 2. The Balaban J connectivity index is 2.04. The van der Waals surface area contributed by atoms with Crippen molar-refractivity contribution in [1.82, 2.24) is 14.9 Å². The minimum Gasteiger partial charge on any atom is -0.369 e. The number of nitrogens with one attached hydrogen (secondary N) is 2. The Bertz CT molecular complexity index is 539. The third kappa shape index (κ3) is 4.51. The van der Waals surface area contributed by atoms with Gasteiger partial charge in [0.25, 0.3) is 0 Å². The van der Waals surface area contributed by atoms with Gasteiger partial charge in [-0.15, -0.1) is 0 Å². The van der Waals surface area contributed by atoms with Crippen molar-refractivity contribution in [2.75, 3.05) is 37.8 Å². The number of aryl methyl sites for hydroxylation is 1. The fraction of sp³-hybridized carbons (Fsp3) is 0.333. The van der Waals surface area contributed by atoms with E-state index in [1.807, 2.05) is 43.3 Å². The lowest BCUT2D eigenvalue weighted by atomic mass is 10.3. The number of hydrogen-bond acceptors (Lipinski definition) is 5. The summed E-state index contributed by atoms with van der Waals surface area (Å²) in [6, 6.07) is 11.9. The Morgan fingerprint density at radius 1 is 1.10 bits per heavy atom. The second kappa shape index (κ2) is 6.86. The number of aromatic nitrogens is 2. The maximum absolute atomic E-state index is 4.47. The molecule has 0 fully saturated rings. The molecule has 1 aromatic heterocycles. The molecule has 2 rings (SSSR count). The monoisotopic (exact) mass is 271 g/mol. The third-order valence-electron chi connectivity index (χ3n) is 2.75. The number of para-hydroxylation sites is 1. The Hall–Kier alpha value is -2.14. The van der Waals surface area contributed by atoms with Crippen LogP contribution >= 0.6 is 0 Å². The SMILES string of the molecule is Cc1cc(NCCN(C)C)nc(Nc2ccccc2)n1. The van der Waals surface area contributed by atoms with Crippen LogP contribution in [0.2, 0.25) is 0 Å². The predicted molar refractivity (Wildman–Crippen MR) is 83.5 cm³/mol. The largest absolute Gasteiger partial charge is 0.369 e. The first-order valence-electron chi connectivity index (χ1n) is 6.70. The Morgan fingerprint density at radius 2 is 1.85 bits per heavy atom. The highest BCUT2D eigenvalue weighted by atomic mass is 15.2. The smallest absolute Gasteiger partial charge is 0.229 e. The number of nitrogens with zero attached hydrogens (tertiary/aromatic N) is 3. The summed E-state index contributed by atoms with van der Waals surface area (Å²) in [6.45, 7) is 3.79. The third-order valence-corrected chi connectivity index (χ3v) is 2.75. The molecule has 0 saturated heterocycles. The van der Waals surface area contributed by atoms with Crippen LogP contribution in [0.15, 0.2) is 36.4 Å². The second-order valence-electron chi connectivity index (χ2n) is 4.94. The Labute approximate surface area is 120 Å². The summed E-state index contributed by atoms with van der Waals surface area (Å²) in [7, 11) is 4.10. The van der Waals surface area contributed by atoms with Gasteiger partial charge in [0.15, 0.2) is 0 Å². The lowest BCUT2D eigenvalue weighted by Crippen LogP contribution is -2.21. The molecule has 0 aliphatic carbocycles. The van der Waals surface area contributed by atoms with Crippen LogP contribution in [0.5, 0.6) is 0 Å².